The van der Waals surface area contributed by atoms with Gasteiger partial charge in [-0.3, -0.25) is 9.78 Å². The topological polar surface area (TPSA) is 46.1 Å². The number of hydrogen-bond donors (Lipinski definition) is 0. The van der Waals surface area contributed by atoms with Crippen LogP contribution in [0.2, 0.25) is 0 Å². The molecule has 0 atom stereocenters. The largest absolute Gasteiger partial charge is 0.341 e. The van der Waals surface area contributed by atoms with E-state index in [-0.39, 0.29) is 5.91 Å². The molecule has 0 spiro atoms. The van der Waals surface area contributed by atoms with Crippen molar-refractivity contribution in [2.45, 2.75) is 13.0 Å². The SMILES string of the molecule is CN(Cc1ccc(-c2ccccc2)cc1)C(=O)Cc1csc(-c2ccccn2)n1. The Bertz CT molecular complexity index is 1080. The minimum Gasteiger partial charge on any atom is -0.341 e. The van der Waals surface area contributed by atoms with E-state index in [0.29, 0.717) is 13.0 Å². The molecular weight excluding hydrogens is 378 g/mol. The maximum absolute atomic E-state index is 12.6. The molecule has 0 bridgehead atoms. The highest BCUT2D eigenvalue weighted by Gasteiger charge is 2.13. The van der Waals surface area contributed by atoms with Crippen LogP contribution in [0.3, 0.4) is 0 Å². The van der Waals surface area contributed by atoms with Crippen molar-refractivity contribution in [2.24, 2.45) is 0 Å². The second kappa shape index (κ2) is 8.80. The van der Waals surface area contributed by atoms with Gasteiger partial charge in [0.05, 0.1) is 17.8 Å². The van der Waals surface area contributed by atoms with Gasteiger partial charge in [-0.05, 0) is 28.8 Å². The van der Waals surface area contributed by atoms with Crippen LogP contribution in [0, 0.1) is 0 Å². The zero-order valence-corrected chi connectivity index (χ0v) is 17.0. The summed E-state index contributed by atoms with van der Waals surface area (Å²) in [4.78, 5) is 23.3. The van der Waals surface area contributed by atoms with E-state index in [4.69, 9.17) is 0 Å². The highest BCUT2D eigenvalue weighted by molar-refractivity contribution is 7.13. The van der Waals surface area contributed by atoms with Crippen LogP contribution >= 0.6 is 11.3 Å². The number of carbonyl (C=O) groups is 1. The number of benzene rings is 2. The molecule has 144 valence electrons. The molecule has 0 radical (unpaired) electrons. The molecule has 0 fully saturated rings. The molecule has 29 heavy (non-hydrogen) atoms. The fraction of sp³-hybridized carbons (Fsp3) is 0.125. The minimum atomic E-state index is 0.0509. The molecule has 4 rings (SSSR count). The van der Waals surface area contributed by atoms with Gasteiger partial charge >= 0.3 is 0 Å². The van der Waals surface area contributed by atoms with Crippen molar-refractivity contribution in [2.75, 3.05) is 7.05 Å². The molecule has 2 aromatic carbocycles. The number of thiazole rings is 1. The maximum atomic E-state index is 12.6. The Kier molecular flexibility index (Phi) is 5.77. The molecule has 4 aromatic rings. The zero-order valence-electron chi connectivity index (χ0n) is 16.2. The number of carbonyl (C=O) groups excluding carboxylic acids is 1. The van der Waals surface area contributed by atoms with Gasteiger partial charge in [-0.2, -0.15) is 0 Å². The summed E-state index contributed by atoms with van der Waals surface area (Å²) in [5.74, 6) is 0.0509. The predicted molar refractivity (Wildman–Crippen MR) is 117 cm³/mol. The number of rotatable bonds is 6. The van der Waals surface area contributed by atoms with E-state index in [0.717, 1.165) is 22.0 Å². The van der Waals surface area contributed by atoms with Crippen LogP contribution in [0.25, 0.3) is 21.8 Å². The van der Waals surface area contributed by atoms with E-state index in [2.05, 4.69) is 46.4 Å². The summed E-state index contributed by atoms with van der Waals surface area (Å²) in [6.07, 6.45) is 2.04. The first-order valence-electron chi connectivity index (χ1n) is 9.43. The lowest BCUT2D eigenvalue weighted by Crippen LogP contribution is -2.27. The lowest BCUT2D eigenvalue weighted by Gasteiger charge is -2.17. The van der Waals surface area contributed by atoms with Gasteiger partial charge in [0.2, 0.25) is 5.91 Å². The number of likely N-dealkylation sites (N-methyl/N-ethyl adjacent to an activating group) is 1. The Morgan fingerprint density at radius 1 is 0.931 bits per heavy atom. The summed E-state index contributed by atoms with van der Waals surface area (Å²) in [6.45, 7) is 0.575. The van der Waals surface area contributed by atoms with Gasteiger partial charge in [0.25, 0.3) is 0 Å². The third-order valence-electron chi connectivity index (χ3n) is 4.67. The first kappa shape index (κ1) is 19.0. The average molecular weight is 400 g/mol. The normalized spacial score (nSPS) is 10.7. The quantitative estimate of drug-likeness (QED) is 0.455. The summed E-state index contributed by atoms with van der Waals surface area (Å²) in [5, 5.41) is 2.78. The van der Waals surface area contributed by atoms with Gasteiger partial charge in [-0.1, -0.05) is 60.7 Å². The lowest BCUT2D eigenvalue weighted by atomic mass is 10.0. The molecule has 1 amide bonds. The molecule has 0 saturated heterocycles. The van der Waals surface area contributed by atoms with Crippen molar-refractivity contribution >= 4 is 17.2 Å². The highest BCUT2D eigenvalue weighted by atomic mass is 32.1. The lowest BCUT2D eigenvalue weighted by molar-refractivity contribution is -0.129. The molecule has 0 aliphatic carbocycles. The first-order valence-corrected chi connectivity index (χ1v) is 10.3. The van der Waals surface area contributed by atoms with Crippen molar-refractivity contribution in [3.63, 3.8) is 0 Å². The van der Waals surface area contributed by atoms with Crippen molar-refractivity contribution in [1.29, 1.82) is 0 Å². The number of aromatic nitrogens is 2. The van der Waals surface area contributed by atoms with Crippen LogP contribution in [0.5, 0.6) is 0 Å². The zero-order chi connectivity index (χ0) is 20.1. The third-order valence-corrected chi connectivity index (χ3v) is 5.59. The van der Waals surface area contributed by atoms with Gasteiger partial charge in [0.15, 0.2) is 0 Å². The number of nitrogens with zero attached hydrogens (tertiary/aromatic N) is 3. The second-order valence-corrected chi connectivity index (χ2v) is 7.71. The third kappa shape index (κ3) is 4.76. The smallest absolute Gasteiger partial charge is 0.228 e. The molecule has 0 aliphatic rings. The fourth-order valence-electron chi connectivity index (χ4n) is 3.08. The maximum Gasteiger partial charge on any atom is 0.228 e. The van der Waals surface area contributed by atoms with E-state index in [1.807, 2.05) is 48.8 Å². The average Bonchev–Trinajstić information content (AvgIpc) is 3.24. The second-order valence-electron chi connectivity index (χ2n) is 6.85. The molecule has 0 unspecified atom stereocenters. The Balaban J connectivity index is 1.37. The van der Waals surface area contributed by atoms with Gasteiger partial charge in [-0.25, -0.2) is 4.98 Å². The van der Waals surface area contributed by atoms with Crippen molar-refractivity contribution < 1.29 is 4.79 Å². The van der Waals surface area contributed by atoms with Crippen molar-refractivity contribution in [3.8, 4) is 21.8 Å². The van der Waals surface area contributed by atoms with Crippen molar-refractivity contribution in [3.05, 3.63) is 95.6 Å². The summed E-state index contributed by atoms with van der Waals surface area (Å²) in [6, 6.07) is 24.4. The monoisotopic (exact) mass is 399 g/mol. The predicted octanol–water partition coefficient (Wildman–Crippen LogP) is 5.07. The summed E-state index contributed by atoms with van der Waals surface area (Å²) >= 11 is 1.52. The Morgan fingerprint density at radius 2 is 1.66 bits per heavy atom. The fourth-order valence-corrected chi connectivity index (χ4v) is 3.88. The van der Waals surface area contributed by atoms with Crippen LogP contribution in [-0.4, -0.2) is 27.8 Å². The molecule has 2 heterocycles. The van der Waals surface area contributed by atoms with E-state index in [1.165, 1.54) is 22.5 Å². The number of amides is 1. The van der Waals surface area contributed by atoms with E-state index >= 15 is 0 Å². The van der Waals surface area contributed by atoms with E-state index < -0.39 is 0 Å². The summed E-state index contributed by atoms with van der Waals surface area (Å²) in [5.41, 5.74) is 5.09. The summed E-state index contributed by atoms with van der Waals surface area (Å²) in [7, 11) is 1.83. The molecule has 0 saturated carbocycles. The van der Waals surface area contributed by atoms with Crippen molar-refractivity contribution in [1.82, 2.24) is 14.9 Å². The van der Waals surface area contributed by atoms with Gasteiger partial charge in [0, 0.05) is 25.2 Å². The van der Waals surface area contributed by atoms with Gasteiger partial charge in [0.1, 0.15) is 5.01 Å². The highest BCUT2D eigenvalue weighted by Crippen LogP contribution is 2.22. The minimum absolute atomic E-state index is 0.0509. The van der Waals surface area contributed by atoms with Gasteiger partial charge < -0.3 is 4.90 Å². The standard InChI is InChI=1S/C24H21N3OS/c1-27(16-18-10-12-20(13-11-18)19-7-3-2-4-8-19)23(28)15-21-17-29-24(26-21)22-9-5-6-14-25-22/h2-14,17H,15-16H2,1H3. The van der Waals surface area contributed by atoms with Crippen LogP contribution in [0.1, 0.15) is 11.3 Å². The summed E-state index contributed by atoms with van der Waals surface area (Å²) < 4.78 is 0. The Hall–Kier alpha value is -3.31. The number of hydrogen-bond acceptors (Lipinski definition) is 4. The molecule has 0 N–H and O–H groups in total. The Morgan fingerprint density at radius 3 is 2.38 bits per heavy atom. The van der Waals surface area contributed by atoms with Crippen LogP contribution in [0.4, 0.5) is 0 Å². The van der Waals surface area contributed by atoms with Crippen LogP contribution < -0.4 is 0 Å². The van der Waals surface area contributed by atoms with E-state index in [9.17, 15) is 4.79 Å². The first-order chi connectivity index (χ1) is 14.2. The molecular formula is C24H21N3OS. The van der Waals surface area contributed by atoms with Crippen LogP contribution in [-0.2, 0) is 17.8 Å². The Labute approximate surface area is 174 Å². The van der Waals surface area contributed by atoms with Gasteiger partial charge in [-0.15, -0.1) is 11.3 Å². The molecule has 5 heteroatoms. The molecule has 2 aromatic heterocycles. The molecule has 0 aliphatic heterocycles. The number of pyridine rings is 1. The van der Waals surface area contributed by atoms with Crippen LogP contribution in [0.15, 0.2) is 84.4 Å². The molecule has 4 nitrogen and oxygen atoms in total. The van der Waals surface area contributed by atoms with E-state index in [1.54, 1.807) is 11.1 Å².